The zero-order chi connectivity index (χ0) is 12.0. The van der Waals surface area contributed by atoms with Gasteiger partial charge in [0.1, 0.15) is 10.8 Å². The van der Waals surface area contributed by atoms with Gasteiger partial charge >= 0.3 is 0 Å². The number of nitrogens with one attached hydrogen (secondary N) is 1. The smallest absolute Gasteiger partial charge is 0.136 e. The Balaban J connectivity index is 2.82. The van der Waals surface area contributed by atoms with Crippen molar-refractivity contribution in [1.82, 2.24) is 4.98 Å². The molecule has 0 radical (unpaired) electrons. The van der Waals surface area contributed by atoms with Crippen LogP contribution in [-0.2, 0) is 0 Å². The Hall–Kier alpha value is -0.810. The van der Waals surface area contributed by atoms with Crippen LogP contribution in [0.1, 0.15) is 18.9 Å². The second kappa shape index (κ2) is 6.70. The number of thioether (sulfide) groups is 1. The molecule has 16 heavy (non-hydrogen) atoms. The molecule has 1 rings (SSSR count). The van der Waals surface area contributed by atoms with Crippen LogP contribution in [0.5, 0.6) is 0 Å². The van der Waals surface area contributed by atoms with Gasteiger partial charge in [0.2, 0.25) is 0 Å². The normalized spacial score (nSPS) is 12.1. The molecule has 1 aromatic rings. The van der Waals surface area contributed by atoms with Crippen molar-refractivity contribution < 1.29 is 0 Å². The van der Waals surface area contributed by atoms with Crippen LogP contribution in [0, 0.1) is 0 Å². The van der Waals surface area contributed by atoms with Crippen molar-refractivity contribution in [2.75, 3.05) is 17.3 Å². The quantitative estimate of drug-likeness (QED) is 0.764. The summed E-state index contributed by atoms with van der Waals surface area (Å²) in [5.74, 6) is 1.83. The summed E-state index contributed by atoms with van der Waals surface area (Å²) in [6.45, 7) is 2.15. The van der Waals surface area contributed by atoms with E-state index in [2.05, 4.69) is 23.5 Å². The molecule has 0 saturated heterocycles. The lowest BCUT2D eigenvalue weighted by Gasteiger charge is -2.18. The molecule has 1 unspecified atom stereocenters. The monoisotopic (exact) mass is 255 g/mol. The molecule has 88 valence electrons. The van der Waals surface area contributed by atoms with Gasteiger partial charge < -0.3 is 11.1 Å². The fraction of sp³-hybridized carbons (Fsp3) is 0.455. The Labute approximate surface area is 106 Å². The molecule has 0 bridgehead atoms. The molecule has 0 aliphatic heterocycles. The predicted molar refractivity (Wildman–Crippen MR) is 76.2 cm³/mol. The lowest BCUT2D eigenvalue weighted by atomic mass is 10.2. The summed E-state index contributed by atoms with van der Waals surface area (Å²) in [6.07, 6.45) is 4.89. The van der Waals surface area contributed by atoms with Crippen molar-refractivity contribution in [3.63, 3.8) is 0 Å². The summed E-state index contributed by atoms with van der Waals surface area (Å²) in [5, 5.41) is 3.38. The first-order valence-corrected chi connectivity index (χ1v) is 6.99. The Morgan fingerprint density at radius 3 is 3.00 bits per heavy atom. The summed E-state index contributed by atoms with van der Waals surface area (Å²) in [5.41, 5.74) is 6.47. The fourth-order valence-corrected chi connectivity index (χ4v) is 2.26. The summed E-state index contributed by atoms with van der Waals surface area (Å²) in [7, 11) is 0. The van der Waals surface area contributed by atoms with E-state index in [1.807, 2.05) is 23.9 Å². The summed E-state index contributed by atoms with van der Waals surface area (Å²) >= 11 is 6.81. The fourth-order valence-electron chi connectivity index (χ4n) is 1.38. The lowest BCUT2D eigenvalue weighted by Crippen LogP contribution is -2.24. The van der Waals surface area contributed by atoms with Gasteiger partial charge in [0.15, 0.2) is 0 Å². The third-order valence-electron chi connectivity index (χ3n) is 2.27. The highest BCUT2D eigenvalue weighted by molar-refractivity contribution is 7.98. The van der Waals surface area contributed by atoms with Gasteiger partial charge in [0, 0.05) is 18.0 Å². The molecule has 0 aliphatic carbocycles. The molecule has 5 heteroatoms. The molecule has 0 amide bonds. The highest BCUT2D eigenvalue weighted by atomic mass is 32.2. The van der Waals surface area contributed by atoms with Crippen LogP contribution in [0.25, 0.3) is 0 Å². The van der Waals surface area contributed by atoms with Gasteiger partial charge in [-0.15, -0.1) is 0 Å². The lowest BCUT2D eigenvalue weighted by molar-refractivity contribution is 0.769. The number of nitrogens with zero attached hydrogens (tertiary/aromatic N) is 1. The van der Waals surface area contributed by atoms with E-state index in [1.54, 1.807) is 6.20 Å². The minimum Gasteiger partial charge on any atom is -0.389 e. The van der Waals surface area contributed by atoms with Crippen LogP contribution in [0.2, 0.25) is 0 Å². The van der Waals surface area contributed by atoms with Gasteiger partial charge in [-0.05, 0) is 24.8 Å². The molecular formula is C11H17N3S2. The van der Waals surface area contributed by atoms with Gasteiger partial charge in [-0.25, -0.2) is 4.98 Å². The van der Waals surface area contributed by atoms with Crippen LogP contribution in [0.15, 0.2) is 18.3 Å². The van der Waals surface area contributed by atoms with Crippen molar-refractivity contribution in [2.24, 2.45) is 5.73 Å². The van der Waals surface area contributed by atoms with Crippen molar-refractivity contribution in [1.29, 1.82) is 0 Å². The Kier molecular flexibility index (Phi) is 5.55. The maximum absolute atomic E-state index is 5.65. The third-order valence-corrected chi connectivity index (χ3v) is 3.23. The summed E-state index contributed by atoms with van der Waals surface area (Å²) < 4.78 is 0. The first-order chi connectivity index (χ1) is 7.69. The summed E-state index contributed by atoms with van der Waals surface area (Å²) in [6, 6.07) is 4.14. The van der Waals surface area contributed by atoms with Crippen LogP contribution in [-0.4, -0.2) is 28.0 Å². The molecule has 1 aromatic heterocycles. The van der Waals surface area contributed by atoms with Crippen LogP contribution in [0.4, 0.5) is 5.82 Å². The van der Waals surface area contributed by atoms with Gasteiger partial charge in [0.05, 0.1) is 5.56 Å². The number of aromatic nitrogens is 1. The molecule has 0 spiro atoms. The number of anilines is 1. The number of thiocarbonyl (C=S) groups is 1. The standard InChI is InChI=1S/C11H17N3S2/c1-3-8(7-16-2)14-11-9(10(12)15)5-4-6-13-11/h4-6,8H,3,7H2,1-2H3,(H2,12,15)(H,13,14). The number of rotatable bonds is 6. The van der Waals surface area contributed by atoms with Crippen molar-refractivity contribution in [3.05, 3.63) is 23.9 Å². The molecule has 0 aromatic carbocycles. The van der Waals surface area contributed by atoms with E-state index in [9.17, 15) is 0 Å². The topological polar surface area (TPSA) is 50.9 Å². The number of hydrogen-bond acceptors (Lipinski definition) is 4. The first-order valence-electron chi connectivity index (χ1n) is 5.19. The molecule has 1 atom stereocenters. The molecular weight excluding hydrogens is 238 g/mol. The zero-order valence-electron chi connectivity index (χ0n) is 9.56. The SMILES string of the molecule is CCC(CSC)Nc1ncccc1C(N)=S. The average molecular weight is 255 g/mol. The Morgan fingerprint density at radius 1 is 1.69 bits per heavy atom. The minimum absolute atomic E-state index is 0.384. The van der Waals surface area contributed by atoms with E-state index in [0.29, 0.717) is 11.0 Å². The van der Waals surface area contributed by atoms with E-state index in [0.717, 1.165) is 23.6 Å². The molecule has 0 fully saturated rings. The molecule has 1 heterocycles. The minimum atomic E-state index is 0.384. The summed E-state index contributed by atoms with van der Waals surface area (Å²) in [4.78, 5) is 4.67. The van der Waals surface area contributed by atoms with E-state index in [4.69, 9.17) is 18.0 Å². The molecule has 0 aliphatic rings. The van der Waals surface area contributed by atoms with Gasteiger partial charge in [-0.2, -0.15) is 11.8 Å². The second-order valence-electron chi connectivity index (χ2n) is 3.47. The maximum atomic E-state index is 5.65. The van der Waals surface area contributed by atoms with E-state index >= 15 is 0 Å². The van der Waals surface area contributed by atoms with Crippen LogP contribution < -0.4 is 11.1 Å². The van der Waals surface area contributed by atoms with E-state index < -0.39 is 0 Å². The van der Waals surface area contributed by atoms with Gasteiger partial charge in [0.25, 0.3) is 0 Å². The highest BCUT2D eigenvalue weighted by Gasteiger charge is 2.10. The average Bonchev–Trinajstić information content (AvgIpc) is 2.29. The van der Waals surface area contributed by atoms with Crippen molar-refractivity contribution in [2.45, 2.75) is 19.4 Å². The first kappa shape index (κ1) is 13.3. The largest absolute Gasteiger partial charge is 0.389 e. The second-order valence-corrected chi connectivity index (χ2v) is 4.82. The number of pyridine rings is 1. The molecule has 3 nitrogen and oxygen atoms in total. The molecule has 3 N–H and O–H groups in total. The molecule has 0 saturated carbocycles. The number of hydrogen-bond donors (Lipinski definition) is 2. The Morgan fingerprint density at radius 2 is 2.44 bits per heavy atom. The van der Waals surface area contributed by atoms with E-state index in [1.165, 1.54) is 0 Å². The van der Waals surface area contributed by atoms with Gasteiger partial charge in [-0.3, -0.25) is 0 Å². The van der Waals surface area contributed by atoms with E-state index in [-0.39, 0.29) is 0 Å². The highest BCUT2D eigenvalue weighted by Crippen LogP contribution is 2.15. The van der Waals surface area contributed by atoms with Crippen LogP contribution in [0.3, 0.4) is 0 Å². The predicted octanol–water partition coefficient (Wildman–Crippen LogP) is 2.27. The maximum Gasteiger partial charge on any atom is 0.136 e. The van der Waals surface area contributed by atoms with Crippen LogP contribution >= 0.6 is 24.0 Å². The van der Waals surface area contributed by atoms with Gasteiger partial charge in [-0.1, -0.05) is 19.1 Å². The van der Waals surface area contributed by atoms with Crippen molar-refractivity contribution >= 4 is 34.8 Å². The van der Waals surface area contributed by atoms with Crippen molar-refractivity contribution in [3.8, 4) is 0 Å². The Bertz CT molecular complexity index is 355. The third kappa shape index (κ3) is 3.64. The number of nitrogens with two attached hydrogens (primary N) is 1. The zero-order valence-corrected chi connectivity index (χ0v) is 11.2.